The first kappa shape index (κ1) is 17.8. The first-order valence-electron chi connectivity index (χ1n) is 9.94. The standard InChI is InChI=1S/C22H21N5O2/c1-13-8-15(26-29-13)10-21-25-18-12-24-17-7-6-14(11-23)9-16(17)22(18)27(21)19-4-2-3-5-20(19)28/h6-9,12,19-20,28H,2-5,10H2,1H3/t19-,20+/m0/s1. The number of nitrogens with zero attached hydrogens (tertiary/aromatic N) is 5. The highest BCUT2D eigenvalue weighted by atomic mass is 16.5. The Hall–Kier alpha value is -3.24. The second-order valence-electron chi connectivity index (χ2n) is 7.76. The van der Waals surface area contributed by atoms with Crippen LogP contribution >= 0.6 is 0 Å². The number of aromatic nitrogens is 4. The summed E-state index contributed by atoms with van der Waals surface area (Å²) >= 11 is 0. The summed E-state index contributed by atoms with van der Waals surface area (Å²) in [7, 11) is 0. The van der Waals surface area contributed by atoms with E-state index in [-0.39, 0.29) is 6.04 Å². The predicted octanol–water partition coefficient (Wildman–Crippen LogP) is 3.82. The van der Waals surface area contributed by atoms with Gasteiger partial charge in [0.05, 0.1) is 53.1 Å². The molecule has 1 aliphatic rings. The van der Waals surface area contributed by atoms with E-state index in [2.05, 4.69) is 20.8 Å². The van der Waals surface area contributed by atoms with Crippen molar-refractivity contribution >= 4 is 21.9 Å². The van der Waals surface area contributed by atoms with Crippen LogP contribution in [0.5, 0.6) is 0 Å². The summed E-state index contributed by atoms with van der Waals surface area (Å²) in [5.41, 5.74) is 3.89. The summed E-state index contributed by atoms with van der Waals surface area (Å²) in [6.45, 7) is 1.87. The summed E-state index contributed by atoms with van der Waals surface area (Å²) in [5, 5.41) is 25.2. The number of benzene rings is 1. The number of hydrogen-bond donors (Lipinski definition) is 1. The lowest BCUT2D eigenvalue weighted by Crippen LogP contribution is -2.29. The fraction of sp³-hybridized carbons (Fsp3) is 0.364. The van der Waals surface area contributed by atoms with Crippen molar-refractivity contribution < 1.29 is 9.63 Å². The van der Waals surface area contributed by atoms with Crippen LogP contribution in [0.25, 0.3) is 21.9 Å². The molecule has 2 atom stereocenters. The average molecular weight is 387 g/mol. The molecular formula is C22H21N5O2. The minimum Gasteiger partial charge on any atom is -0.391 e. The lowest BCUT2D eigenvalue weighted by atomic mass is 9.92. The maximum atomic E-state index is 10.8. The van der Waals surface area contributed by atoms with Crippen LogP contribution in [0.15, 0.2) is 35.0 Å². The molecule has 0 bridgehead atoms. The van der Waals surface area contributed by atoms with Gasteiger partial charge in [0.1, 0.15) is 17.1 Å². The van der Waals surface area contributed by atoms with E-state index in [1.165, 1.54) is 0 Å². The number of imidazole rings is 1. The third-order valence-corrected chi connectivity index (χ3v) is 5.76. The molecule has 0 radical (unpaired) electrons. The summed E-state index contributed by atoms with van der Waals surface area (Å²) in [4.78, 5) is 9.39. The van der Waals surface area contributed by atoms with Crippen LogP contribution in [0.1, 0.15) is 54.6 Å². The van der Waals surface area contributed by atoms with Gasteiger partial charge in [0.2, 0.25) is 0 Å². The fourth-order valence-electron chi connectivity index (χ4n) is 4.43. The number of fused-ring (bicyclic) bond motifs is 3. The van der Waals surface area contributed by atoms with Crippen LogP contribution in [-0.2, 0) is 6.42 Å². The molecule has 3 heterocycles. The molecule has 1 saturated carbocycles. The highest BCUT2D eigenvalue weighted by Gasteiger charge is 2.29. The van der Waals surface area contributed by atoms with Crippen LogP contribution in [0, 0.1) is 18.3 Å². The van der Waals surface area contributed by atoms with Crippen molar-refractivity contribution in [1.82, 2.24) is 19.7 Å². The number of rotatable bonds is 3. The van der Waals surface area contributed by atoms with Gasteiger partial charge in [-0.25, -0.2) is 4.98 Å². The van der Waals surface area contributed by atoms with Gasteiger partial charge >= 0.3 is 0 Å². The van der Waals surface area contributed by atoms with E-state index < -0.39 is 6.10 Å². The summed E-state index contributed by atoms with van der Waals surface area (Å²) in [6.07, 6.45) is 5.61. The summed E-state index contributed by atoms with van der Waals surface area (Å²) in [6, 6.07) is 9.56. The van der Waals surface area contributed by atoms with Gasteiger partial charge in [0, 0.05) is 11.5 Å². The third kappa shape index (κ3) is 3.06. The molecule has 4 aromatic rings. The van der Waals surface area contributed by atoms with E-state index in [9.17, 15) is 10.4 Å². The second-order valence-corrected chi connectivity index (χ2v) is 7.76. The van der Waals surface area contributed by atoms with Crippen molar-refractivity contribution in [3.63, 3.8) is 0 Å². The molecule has 1 N–H and O–H groups in total. The molecular weight excluding hydrogens is 366 g/mol. The molecule has 0 amide bonds. The average Bonchev–Trinajstić information content (AvgIpc) is 3.31. The molecule has 7 heteroatoms. The van der Waals surface area contributed by atoms with Crippen molar-refractivity contribution in [2.45, 2.75) is 51.2 Å². The predicted molar refractivity (Wildman–Crippen MR) is 107 cm³/mol. The lowest BCUT2D eigenvalue weighted by molar-refractivity contribution is 0.0762. The maximum absolute atomic E-state index is 10.8. The molecule has 5 rings (SSSR count). The van der Waals surface area contributed by atoms with E-state index in [4.69, 9.17) is 9.51 Å². The summed E-state index contributed by atoms with van der Waals surface area (Å²) < 4.78 is 7.39. The lowest BCUT2D eigenvalue weighted by Gasteiger charge is -2.30. The van der Waals surface area contributed by atoms with Crippen molar-refractivity contribution in [1.29, 1.82) is 5.26 Å². The molecule has 0 unspecified atom stereocenters. The molecule has 0 spiro atoms. The van der Waals surface area contributed by atoms with Gasteiger partial charge in [-0.1, -0.05) is 18.0 Å². The van der Waals surface area contributed by atoms with Crippen LogP contribution in [0.4, 0.5) is 0 Å². The Labute approximate surface area is 167 Å². The fourth-order valence-corrected chi connectivity index (χ4v) is 4.43. The zero-order chi connectivity index (χ0) is 20.0. The Morgan fingerprint density at radius 1 is 1.24 bits per heavy atom. The van der Waals surface area contributed by atoms with Gasteiger partial charge in [0.15, 0.2) is 0 Å². The molecule has 1 aromatic carbocycles. The molecule has 1 fully saturated rings. The monoisotopic (exact) mass is 387 g/mol. The first-order valence-corrected chi connectivity index (χ1v) is 9.94. The second kappa shape index (κ2) is 6.98. The Morgan fingerprint density at radius 2 is 2.10 bits per heavy atom. The van der Waals surface area contributed by atoms with Crippen LogP contribution in [0.2, 0.25) is 0 Å². The maximum Gasteiger partial charge on any atom is 0.133 e. The summed E-state index contributed by atoms with van der Waals surface area (Å²) in [5.74, 6) is 1.59. The van der Waals surface area contributed by atoms with E-state index >= 15 is 0 Å². The van der Waals surface area contributed by atoms with Crippen molar-refractivity contribution in [2.24, 2.45) is 0 Å². The largest absolute Gasteiger partial charge is 0.391 e. The SMILES string of the molecule is Cc1cc(Cc2nc3cnc4ccc(C#N)cc4c3n2[C@H]2CCCC[C@H]2O)no1. The number of pyridine rings is 1. The van der Waals surface area contributed by atoms with Gasteiger partial charge in [-0.05, 0) is 38.0 Å². The Balaban J connectivity index is 1.78. The zero-order valence-electron chi connectivity index (χ0n) is 16.2. The van der Waals surface area contributed by atoms with Crippen LogP contribution < -0.4 is 0 Å². The number of aliphatic hydroxyl groups is 1. The van der Waals surface area contributed by atoms with E-state index in [0.717, 1.165) is 64.9 Å². The van der Waals surface area contributed by atoms with E-state index in [0.29, 0.717) is 12.0 Å². The van der Waals surface area contributed by atoms with E-state index in [1.54, 1.807) is 12.3 Å². The van der Waals surface area contributed by atoms with Crippen LogP contribution in [0.3, 0.4) is 0 Å². The molecule has 146 valence electrons. The van der Waals surface area contributed by atoms with Crippen molar-refractivity contribution in [2.75, 3.05) is 0 Å². The Kier molecular flexibility index (Phi) is 4.29. The van der Waals surface area contributed by atoms with Gasteiger partial charge in [-0.3, -0.25) is 4.98 Å². The minimum atomic E-state index is -0.429. The normalized spacial score (nSPS) is 19.6. The number of aryl methyl sites for hydroxylation is 1. The quantitative estimate of drug-likeness (QED) is 0.573. The molecule has 3 aromatic heterocycles. The number of aliphatic hydroxyl groups excluding tert-OH is 1. The topological polar surface area (TPSA) is 101 Å². The van der Waals surface area contributed by atoms with Crippen LogP contribution in [-0.4, -0.2) is 30.9 Å². The number of nitriles is 1. The highest BCUT2D eigenvalue weighted by molar-refractivity contribution is 6.02. The van der Waals surface area contributed by atoms with Gasteiger partial charge in [0.25, 0.3) is 0 Å². The molecule has 7 nitrogen and oxygen atoms in total. The van der Waals surface area contributed by atoms with Gasteiger partial charge in [-0.2, -0.15) is 5.26 Å². The Morgan fingerprint density at radius 3 is 2.86 bits per heavy atom. The minimum absolute atomic E-state index is 0.0620. The van der Waals surface area contributed by atoms with E-state index in [1.807, 2.05) is 25.1 Å². The molecule has 1 aliphatic carbocycles. The van der Waals surface area contributed by atoms with Crippen molar-refractivity contribution in [3.8, 4) is 6.07 Å². The Bertz CT molecular complexity index is 1250. The first-order chi connectivity index (χ1) is 14.1. The van der Waals surface area contributed by atoms with Gasteiger partial charge < -0.3 is 14.2 Å². The molecule has 0 saturated heterocycles. The molecule has 0 aliphatic heterocycles. The smallest absolute Gasteiger partial charge is 0.133 e. The molecule has 29 heavy (non-hydrogen) atoms. The van der Waals surface area contributed by atoms with Crippen molar-refractivity contribution in [3.05, 3.63) is 53.3 Å². The highest BCUT2D eigenvalue weighted by Crippen LogP contribution is 2.36. The zero-order valence-corrected chi connectivity index (χ0v) is 16.2. The van der Waals surface area contributed by atoms with Gasteiger partial charge in [-0.15, -0.1) is 0 Å². The third-order valence-electron chi connectivity index (χ3n) is 5.76. The number of hydrogen-bond acceptors (Lipinski definition) is 6.